The van der Waals surface area contributed by atoms with E-state index in [-0.39, 0.29) is 0 Å². The highest BCUT2D eigenvalue weighted by atomic mass is 15.3. The van der Waals surface area contributed by atoms with Gasteiger partial charge in [-0.1, -0.05) is 60.7 Å². The molecule has 0 spiro atoms. The molecular weight excluding hydrogens is 282 g/mol. The molecule has 2 heterocycles. The van der Waals surface area contributed by atoms with E-state index in [2.05, 4.69) is 60.4 Å². The lowest BCUT2D eigenvalue weighted by Crippen LogP contribution is -2.33. The molecule has 2 aliphatic rings. The third-order valence-electron chi connectivity index (χ3n) is 4.64. The molecule has 0 aromatic heterocycles. The van der Waals surface area contributed by atoms with Gasteiger partial charge in [0, 0.05) is 24.2 Å². The van der Waals surface area contributed by atoms with Gasteiger partial charge in [-0.2, -0.15) is 0 Å². The summed E-state index contributed by atoms with van der Waals surface area (Å²) < 4.78 is 0. The maximum absolute atomic E-state index is 5.07. The first-order chi connectivity index (χ1) is 11.3. The lowest BCUT2D eigenvalue weighted by atomic mass is 10.0. The Morgan fingerprint density at radius 1 is 0.826 bits per heavy atom. The van der Waals surface area contributed by atoms with Gasteiger partial charge in [-0.05, 0) is 19.8 Å². The van der Waals surface area contributed by atoms with Crippen molar-refractivity contribution in [2.24, 2.45) is 9.98 Å². The fourth-order valence-electron chi connectivity index (χ4n) is 3.37. The number of hydrogen-bond acceptors (Lipinski definition) is 3. The molecule has 23 heavy (non-hydrogen) atoms. The molecule has 1 atom stereocenters. The van der Waals surface area contributed by atoms with Crippen LogP contribution >= 0.6 is 0 Å². The first kappa shape index (κ1) is 14.2. The van der Waals surface area contributed by atoms with Crippen LogP contribution in [0.4, 0.5) is 0 Å². The second-order valence-corrected chi connectivity index (χ2v) is 6.34. The Labute approximate surface area is 137 Å². The van der Waals surface area contributed by atoms with Crippen LogP contribution in [0.25, 0.3) is 0 Å². The molecule has 0 aliphatic carbocycles. The van der Waals surface area contributed by atoms with Crippen LogP contribution in [0.2, 0.25) is 0 Å². The Hall–Kier alpha value is -2.42. The van der Waals surface area contributed by atoms with Gasteiger partial charge in [0.25, 0.3) is 0 Å². The predicted molar refractivity (Wildman–Crippen MR) is 95.0 cm³/mol. The SMILES string of the molecule is CC1(c2ccccc2)N=C(c2ccccc2)C(N2CCCC2)=N1. The summed E-state index contributed by atoms with van der Waals surface area (Å²) in [5, 5.41) is 0. The lowest BCUT2D eigenvalue weighted by molar-refractivity contribution is 0.498. The van der Waals surface area contributed by atoms with Crippen molar-refractivity contribution in [3.63, 3.8) is 0 Å². The monoisotopic (exact) mass is 303 g/mol. The van der Waals surface area contributed by atoms with Gasteiger partial charge >= 0.3 is 0 Å². The second kappa shape index (κ2) is 5.65. The van der Waals surface area contributed by atoms with Gasteiger partial charge in [-0.25, -0.2) is 9.98 Å². The highest BCUT2D eigenvalue weighted by Crippen LogP contribution is 2.34. The number of nitrogens with zero attached hydrogens (tertiary/aromatic N) is 3. The molecule has 116 valence electrons. The molecule has 2 aromatic carbocycles. The Morgan fingerprint density at radius 2 is 1.43 bits per heavy atom. The number of amidine groups is 1. The van der Waals surface area contributed by atoms with Crippen molar-refractivity contribution in [2.45, 2.75) is 25.4 Å². The summed E-state index contributed by atoms with van der Waals surface area (Å²) in [6.45, 7) is 4.26. The molecule has 3 nitrogen and oxygen atoms in total. The van der Waals surface area contributed by atoms with Gasteiger partial charge in [-0.3, -0.25) is 0 Å². The van der Waals surface area contributed by atoms with E-state index in [0.29, 0.717) is 0 Å². The zero-order valence-corrected chi connectivity index (χ0v) is 13.4. The number of aliphatic imine (C=N–C) groups is 2. The van der Waals surface area contributed by atoms with E-state index in [1.807, 2.05) is 12.1 Å². The topological polar surface area (TPSA) is 28.0 Å². The Balaban J connectivity index is 1.81. The molecule has 0 amide bonds. The van der Waals surface area contributed by atoms with Crippen molar-refractivity contribution in [3.8, 4) is 0 Å². The van der Waals surface area contributed by atoms with Crippen LogP contribution in [0.1, 0.15) is 30.9 Å². The maximum Gasteiger partial charge on any atom is 0.176 e. The van der Waals surface area contributed by atoms with Crippen LogP contribution in [0.5, 0.6) is 0 Å². The fraction of sp³-hybridized carbons (Fsp3) is 0.300. The van der Waals surface area contributed by atoms with Gasteiger partial charge in [-0.15, -0.1) is 0 Å². The normalized spacial score (nSPS) is 23.8. The van der Waals surface area contributed by atoms with Crippen LogP contribution in [-0.2, 0) is 5.66 Å². The Kier molecular flexibility index (Phi) is 3.49. The quantitative estimate of drug-likeness (QED) is 0.828. The lowest BCUT2D eigenvalue weighted by Gasteiger charge is -2.20. The van der Waals surface area contributed by atoms with Gasteiger partial charge in [0.05, 0.1) is 0 Å². The third kappa shape index (κ3) is 2.56. The van der Waals surface area contributed by atoms with Crippen molar-refractivity contribution in [1.29, 1.82) is 0 Å². The molecule has 0 bridgehead atoms. The molecule has 1 saturated heterocycles. The first-order valence-electron chi connectivity index (χ1n) is 8.32. The molecule has 3 heteroatoms. The third-order valence-corrected chi connectivity index (χ3v) is 4.64. The van der Waals surface area contributed by atoms with Gasteiger partial charge in [0.2, 0.25) is 0 Å². The summed E-state index contributed by atoms with van der Waals surface area (Å²) in [5.41, 5.74) is 2.80. The van der Waals surface area contributed by atoms with Crippen LogP contribution in [-0.4, -0.2) is 29.5 Å². The Morgan fingerprint density at radius 3 is 2.09 bits per heavy atom. The molecule has 0 N–H and O–H groups in total. The molecule has 4 rings (SSSR count). The average Bonchev–Trinajstić information content (AvgIpc) is 3.25. The van der Waals surface area contributed by atoms with E-state index < -0.39 is 5.66 Å². The van der Waals surface area contributed by atoms with Crippen LogP contribution in [0.3, 0.4) is 0 Å². The molecule has 0 saturated carbocycles. The van der Waals surface area contributed by atoms with Crippen molar-refractivity contribution >= 4 is 11.5 Å². The smallest absolute Gasteiger partial charge is 0.176 e. The van der Waals surface area contributed by atoms with Gasteiger partial charge < -0.3 is 4.90 Å². The largest absolute Gasteiger partial charge is 0.355 e. The molecular formula is C20H21N3. The van der Waals surface area contributed by atoms with E-state index >= 15 is 0 Å². The summed E-state index contributed by atoms with van der Waals surface area (Å²) in [7, 11) is 0. The summed E-state index contributed by atoms with van der Waals surface area (Å²) in [6.07, 6.45) is 2.48. The zero-order valence-electron chi connectivity index (χ0n) is 13.4. The second-order valence-electron chi connectivity index (χ2n) is 6.34. The van der Waals surface area contributed by atoms with Crippen LogP contribution in [0, 0.1) is 0 Å². The number of rotatable bonds is 2. The highest BCUT2D eigenvalue weighted by Gasteiger charge is 2.36. The van der Waals surface area contributed by atoms with Crippen molar-refractivity contribution in [2.75, 3.05) is 13.1 Å². The minimum Gasteiger partial charge on any atom is -0.355 e. The molecule has 2 aromatic rings. The molecule has 0 radical (unpaired) electrons. The molecule has 1 fully saturated rings. The standard InChI is InChI=1S/C20H21N3/c1-20(17-12-6-3-7-13-17)21-18(16-10-4-2-5-11-16)19(22-20)23-14-8-9-15-23/h2-7,10-13H,8-9,14-15H2,1H3. The highest BCUT2D eigenvalue weighted by molar-refractivity contribution is 6.48. The van der Waals surface area contributed by atoms with E-state index in [1.165, 1.54) is 12.8 Å². The fourth-order valence-corrected chi connectivity index (χ4v) is 3.37. The average molecular weight is 303 g/mol. The van der Waals surface area contributed by atoms with Crippen molar-refractivity contribution in [1.82, 2.24) is 4.90 Å². The number of hydrogen-bond donors (Lipinski definition) is 0. The van der Waals surface area contributed by atoms with Crippen molar-refractivity contribution in [3.05, 3.63) is 71.8 Å². The zero-order chi connectivity index (χ0) is 15.7. The summed E-state index contributed by atoms with van der Waals surface area (Å²) >= 11 is 0. The summed E-state index contributed by atoms with van der Waals surface area (Å²) in [4.78, 5) is 12.5. The predicted octanol–water partition coefficient (Wildman–Crippen LogP) is 3.86. The first-order valence-corrected chi connectivity index (χ1v) is 8.32. The van der Waals surface area contributed by atoms with Gasteiger partial charge in [0.15, 0.2) is 11.5 Å². The van der Waals surface area contributed by atoms with E-state index in [0.717, 1.165) is 35.8 Å². The number of likely N-dealkylation sites (tertiary alicyclic amines) is 1. The molecule has 1 unspecified atom stereocenters. The molecule has 2 aliphatic heterocycles. The summed E-state index contributed by atoms with van der Waals surface area (Å²) in [6, 6.07) is 20.8. The van der Waals surface area contributed by atoms with E-state index in [1.54, 1.807) is 0 Å². The number of benzene rings is 2. The maximum atomic E-state index is 5.07. The van der Waals surface area contributed by atoms with E-state index in [9.17, 15) is 0 Å². The summed E-state index contributed by atoms with van der Waals surface area (Å²) in [5.74, 6) is 1.06. The Bertz CT molecular complexity index is 743. The van der Waals surface area contributed by atoms with E-state index in [4.69, 9.17) is 9.98 Å². The minimum atomic E-state index is -0.523. The van der Waals surface area contributed by atoms with Gasteiger partial charge in [0.1, 0.15) is 5.71 Å². The van der Waals surface area contributed by atoms with Crippen LogP contribution < -0.4 is 0 Å². The minimum absolute atomic E-state index is 0.523. The van der Waals surface area contributed by atoms with Crippen LogP contribution in [0.15, 0.2) is 70.6 Å². The van der Waals surface area contributed by atoms with Crippen molar-refractivity contribution < 1.29 is 0 Å².